The molecule has 2 aromatic carbocycles. The lowest BCUT2D eigenvalue weighted by Crippen LogP contribution is -2.55. The van der Waals surface area contributed by atoms with Crippen LogP contribution in [0.15, 0.2) is 36.5 Å². The fourth-order valence-electron chi connectivity index (χ4n) is 7.00. The van der Waals surface area contributed by atoms with Crippen molar-refractivity contribution in [2.24, 2.45) is 0 Å². The summed E-state index contributed by atoms with van der Waals surface area (Å²) in [5, 5.41) is 11.9. The number of hydrogen-bond donors (Lipinski definition) is 1. The summed E-state index contributed by atoms with van der Waals surface area (Å²) in [6.07, 6.45) is 5.80. The van der Waals surface area contributed by atoms with Gasteiger partial charge in [-0.1, -0.05) is 25.1 Å². The molecule has 45 heavy (non-hydrogen) atoms. The minimum Gasteiger partial charge on any atom is -0.465 e. The van der Waals surface area contributed by atoms with Crippen molar-refractivity contribution in [3.63, 3.8) is 0 Å². The fourth-order valence-corrected chi connectivity index (χ4v) is 7.00. The average Bonchev–Trinajstić information content (AvgIpc) is 3.33. The first-order chi connectivity index (χ1) is 21.9. The van der Waals surface area contributed by atoms with Crippen LogP contribution in [0.4, 0.5) is 15.0 Å². The maximum absolute atomic E-state index is 16.8. The first-order valence-electron chi connectivity index (χ1n) is 15.5. The highest BCUT2D eigenvalue weighted by Crippen LogP contribution is 2.40. The van der Waals surface area contributed by atoms with Gasteiger partial charge in [-0.25, -0.2) is 9.18 Å². The van der Waals surface area contributed by atoms with E-state index in [1.807, 2.05) is 35.2 Å². The minimum atomic E-state index is -0.943. The molecule has 0 radical (unpaired) electrons. The van der Waals surface area contributed by atoms with Crippen LogP contribution in [0.5, 0.6) is 11.8 Å². The lowest BCUT2D eigenvalue weighted by molar-refractivity contribution is -0.109. The van der Waals surface area contributed by atoms with Crippen molar-refractivity contribution in [1.29, 1.82) is 0 Å². The van der Waals surface area contributed by atoms with Gasteiger partial charge in [0.1, 0.15) is 29.4 Å². The molecule has 2 bridgehead atoms. The molecular formula is C33H34FN5O6. The number of carbonyl (C=O) groups excluding carboxylic acids is 1. The molecule has 7 rings (SSSR count). The third-order valence-electron chi connectivity index (χ3n) is 9.00. The van der Waals surface area contributed by atoms with E-state index < -0.39 is 11.9 Å². The van der Waals surface area contributed by atoms with Gasteiger partial charge in [-0.2, -0.15) is 9.97 Å². The van der Waals surface area contributed by atoms with Crippen molar-refractivity contribution < 1.29 is 33.3 Å². The summed E-state index contributed by atoms with van der Waals surface area (Å²) in [6, 6.07) is 9.17. The SMILES string of the molecule is CCc1cccc2cc(OC3CCCCO3)cc(-c3ncc4c(N5C[C@H]6CC[C@@H](C5)N6C(=O)O)nc(OCC=O)nc4c3F)c12. The number of pyridine rings is 1. The molecule has 5 heterocycles. The van der Waals surface area contributed by atoms with E-state index in [1.165, 1.54) is 4.90 Å². The monoisotopic (exact) mass is 615 g/mol. The number of benzene rings is 2. The quantitative estimate of drug-likeness (QED) is 0.259. The third-order valence-corrected chi connectivity index (χ3v) is 9.00. The normalized spacial score (nSPS) is 21.3. The molecule has 3 aliphatic rings. The lowest BCUT2D eigenvalue weighted by Gasteiger charge is -2.40. The number of halogens is 1. The molecule has 4 aromatic rings. The molecule has 0 saturated carbocycles. The molecule has 12 heteroatoms. The van der Waals surface area contributed by atoms with Gasteiger partial charge in [0.2, 0.25) is 0 Å². The van der Waals surface area contributed by atoms with Crippen molar-refractivity contribution in [3.8, 4) is 23.0 Å². The first-order valence-corrected chi connectivity index (χ1v) is 15.5. The number of aromatic nitrogens is 3. The molecule has 3 aliphatic heterocycles. The number of piperazine rings is 1. The standard InChI is InChI=1S/C33H34FN5O6/c1-2-19-6-5-7-20-14-23(45-26-8-3-4-12-43-26)15-24(27(19)20)29-28(34)30-25(16-35-29)31(37-32(36-30)44-13-11-40)38-17-21-9-10-22(18-38)39(21)33(41)42/h5-7,11,14-16,21-22,26H,2-4,8-10,12-13,17-18H2,1H3,(H,41,42)/t21-,22+,26?. The number of rotatable bonds is 8. The van der Waals surface area contributed by atoms with E-state index >= 15 is 4.39 Å². The van der Waals surface area contributed by atoms with Crippen molar-refractivity contribution in [1.82, 2.24) is 19.9 Å². The molecule has 1 unspecified atom stereocenters. The highest BCUT2D eigenvalue weighted by atomic mass is 19.1. The topological polar surface area (TPSA) is 127 Å². The van der Waals surface area contributed by atoms with Crippen LogP contribution in [0.3, 0.4) is 0 Å². The third kappa shape index (κ3) is 5.37. The van der Waals surface area contributed by atoms with Gasteiger partial charge in [-0.3, -0.25) is 14.7 Å². The van der Waals surface area contributed by atoms with E-state index in [-0.39, 0.29) is 42.2 Å². The van der Waals surface area contributed by atoms with Crippen LogP contribution < -0.4 is 14.4 Å². The van der Waals surface area contributed by atoms with Gasteiger partial charge in [0.25, 0.3) is 0 Å². The van der Waals surface area contributed by atoms with Crippen molar-refractivity contribution in [3.05, 3.63) is 47.9 Å². The first kappa shape index (κ1) is 29.1. The number of aldehydes is 1. The Bertz CT molecular complexity index is 1770. The second-order valence-electron chi connectivity index (χ2n) is 11.7. The van der Waals surface area contributed by atoms with Crippen LogP contribution in [0.2, 0.25) is 0 Å². The predicted molar refractivity (Wildman–Crippen MR) is 164 cm³/mol. The van der Waals surface area contributed by atoms with Crippen molar-refractivity contribution >= 4 is 39.9 Å². The highest BCUT2D eigenvalue weighted by Gasteiger charge is 2.43. The summed E-state index contributed by atoms with van der Waals surface area (Å²) in [4.78, 5) is 40.1. The van der Waals surface area contributed by atoms with E-state index in [9.17, 15) is 14.7 Å². The summed E-state index contributed by atoms with van der Waals surface area (Å²) in [7, 11) is 0. The molecule has 0 aliphatic carbocycles. The maximum Gasteiger partial charge on any atom is 0.407 e. The van der Waals surface area contributed by atoms with Gasteiger partial charge in [0.15, 0.2) is 18.4 Å². The van der Waals surface area contributed by atoms with Gasteiger partial charge in [0.05, 0.1) is 24.1 Å². The van der Waals surface area contributed by atoms with Gasteiger partial charge in [0, 0.05) is 31.3 Å². The van der Waals surface area contributed by atoms with E-state index in [2.05, 4.69) is 21.9 Å². The Labute approximate surface area is 258 Å². The van der Waals surface area contributed by atoms with Crippen LogP contribution >= 0.6 is 0 Å². The molecule has 2 aromatic heterocycles. The van der Waals surface area contributed by atoms with E-state index in [4.69, 9.17) is 14.2 Å². The summed E-state index contributed by atoms with van der Waals surface area (Å²) in [6.45, 7) is 3.17. The molecule has 3 atom stereocenters. The zero-order valence-corrected chi connectivity index (χ0v) is 24.9. The second-order valence-corrected chi connectivity index (χ2v) is 11.7. The number of ether oxygens (including phenoxy) is 3. The van der Waals surface area contributed by atoms with Gasteiger partial charge in [-0.05, 0) is 60.6 Å². The minimum absolute atomic E-state index is 0.00275. The Morgan fingerprint density at radius 1 is 1.16 bits per heavy atom. The molecule has 0 spiro atoms. The van der Waals surface area contributed by atoms with Crippen molar-refractivity contribution in [2.75, 3.05) is 31.2 Å². The summed E-state index contributed by atoms with van der Waals surface area (Å²) in [5.41, 5.74) is 1.71. The molecule has 234 valence electrons. The number of amides is 1. The molecule has 3 fully saturated rings. The zero-order chi connectivity index (χ0) is 31.1. The maximum atomic E-state index is 16.8. The van der Waals surface area contributed by atoms with Gasteiger partial charge >= 0.3 is 12.1 Å². The molecule has 11 nitrogen and oxygen atoms in total. The number of aryl methyl sites for hydroxylation is 1. The number of fused-ring (bicyclic) bond motifs is 4. The Hall–Kier alpha value is -4.58. The summed E-state index contributed by atoms with van der Waals surface area (Å²) >= 11 is 0. The van der Waals surface area contributed by atoms with E-state index in [0.29, 0.717) is 48.5 Å². The Balaban J connectivity index is 1.37. The zero-order valence-electron chi connectivity index (χ0n) is 24.9. The Morgan fingerprint density at radius 3 is 2.69 bits per heavy atom. The van der Waals surface area contributed by atoms with Crippen LogP contribution in [0, 0.1) is 5.82 Å². The van der Waals surface area contributed by atoms with Crippen LogP contribution in [-0.2, 0) is 16.0 Å². The van der Waals surface area contributed by atoms with Gasteiger partial charge < -0.3 is 24.2 Å². The number of anilines is 1. The molecule has 1 N–H and O–H groups in total. The number of carboxylic acid groups (broad SMARTS) is 1. The van der Waals surface area contributed by atoms with Crippen molar-refractivity contribution in [2.45, 2.75) is 63.8 Å². The van der Waals surface area contributed by atoms with Crippen LogP contribution in [0.1, 0.15) is 44.6 Å². The average molecular weight is 616 g/mol. The number of hydrogen-bond acceptors (Lipinski definition) is 9. The largest absolute Gasteiger partial charge is 0.465 e. The summed E-state index contributed by atoms with van der Waals surface area (Å²) in [5.74, 6) is 0.299. The molecule has 1 amide bonds. The van der Waals surface area contributed by atoms with Crippen LogP contribution in [0.25, 0.3) is 32.9 Å². The number of nitrogens with zero attached hydrogens (tertiary/aromatic N) is 5. The van der Waals surface area contributed by atoms with Gasteiger partial charge in [-0.15, -0.1) is 0 Å². The molecular weight excluding hydrogens is 581 g/mol. The van der Waals surface area contributed by atoms with E-state index in [0.717, 1.165) is 54.9 Å². The fraction of sp³-hybridized carbons (Fsp3) is 0.424. The second kappa shape index (κ2) is 12.1. The highest BCUT2D eigenvalue weighted by molar-refractivity contribution is 6.01. The van der Waals surface area contributed by atoms with Crippen LogP contribution in [-0.4, -0.2) is 82.0 Å². The lowest BCUT2D eigenvalue weighted by atomic mass is 9.95. The number of carbonyl (C=O) groups is 2. The smallest absolute Gasteiger partial charge is 0.407 e. The van der Waals surface area contributed by atoms with E-state index in [1.54, 1.807) is 6.20 Å². The molecule has 3 saturated heterocycles. The Morgan fingerprint density at radius 2 is 1.98 bits per heavy atom. The Kier molecular flexibility index (Phi) is 7.82. The summed E-state index contributed by atoms with van der Waals surface area (Å²) < 4.78 is 34.4. The predicted octanol–water partition coefficient (Wildman–Crippen LogP) is 5.36.